The summed E-state index contributed by atoms with van der Waals surface area (Å²) in [6.45, 7) is 2.71. The van der Waals surface area contributed by atoms with Crippen LogP contribution in [-0.2, 0) is 0 Å². The summed E-state index contributed by atoms with van der Waals surface area (Å²) in [5, 5.41) is 9.34. The van der Waals surface area contributed by atoms with Crippen LogP contribution >= 0.6 is 0 Å². The van der Waals surface area contributed by atoms with Crippen molar-refractivity contribution in [2.24, 2.45) is 0 Å². The molecule has 1 N–H and O–H groups in total. The molecule has 1 unspecified atom stereocenters. The lowest BCUT2D eigenvalue weighted by atomic mass is 9.92. The van der Waals surface area contributed by atoms with Gasteiger partial charge >= 0.3 is 6.18 Å². The van der Waals surface area contributed by atoms with Crippen LogP contribution in [0.3, 0.4) is 0 Å². The van der Waals surface area contributed by atoms with Gasteiger partial charge in [0.2, 0.25) is 0 Å². The van der Waals surface area contributed by atoms with E-state index in [1.54, 1.807) is 11.8 Å². The van der Waals surface area contributed by atoms with Gasteiger partial charge in [0.25, 0.3) is 0 Å². The number of β-amino-alcohol motifs (C(OH)–C–C–N with tert-alkyl or cyclic N) is 1. The molecule has 0 aromatic rings. The van der Waals surface area contributed by atoms with E-state index in [1.807, 2.05) is 0 Å². The van der Waals surface area contributed by atoms with Gasteiger partial charge in [0, 0.05) is 6.54 Å². The Morgan fingerprint density at radius 1 is 1.46 bits per heavy atom. The Hall–Kier alpha value is -0.290. The third kappa shape index (κ3) is 2.14. The van der Waals surface area contributed by atoms with Gasteiger partial charge in [0.1, 0.15) is 0 Å². The number of nitrogens with zero attached hydrogens (tertiary/aromatic N) is 1. The number of likely N-dealkylation sites (N-methyl/N-ethyl adjacent to an activating group) is 1. The first kappa shape index (κ1) is 10.8. The fourth-order valence-corrected chi connectivity index (χ4v) is 1.62. The molecule has 1 saturated heterocycles. The number of hydrogen-bond donors (Lipinski definition) is 1. The summed E-state index contributed by atoms with van der Waals surface area (Å²) >= 11 is 0. The maximum absolute atomic E-state index is 12.4. The first-order valence-corrected chi connectivity index (χ1v) is 4.40. The lowest BCUT2D eigenvalue weighted by molar-refractivity contribution is -0.273. The molecule has 0 amide bonds. The van der Waals surface area contributed by atoms with E-state index in [0.717, 1.165) is 0 Å². The number of hydrogen-bond acceptors (Lipinski definition) is 2. The van der Waals surface area contributed by atoms with Crippen molar-refractivity contribution < 1.29 is 18.3 Å². The van der Waals surface area contributed by atoms with E-state index >= 15 is 0 Å². The number of halogens is 3. The number of rotatable bonds is 1. The van der Waals surface area contributed by atoms with Gasteiger partial charge in [-0.15, -0.1) is 0 Å². The molecule has 1 aliphatic rings. The second kappa shape index (κ2) is 3.46. The van der Waals surface area contributed by atoms with Crippen LogP contribution in [0.5, 0.6) is 0 Å². The third-order valence-electron chi connectivity index (χ3n) is 2.52. The van der Waals surface area contributed by atoms with Crippen LogP contribution in [-0.4, -0.2) is 41.4 Å². The van der Waals surface area contributed by atoms with Crippen LogP contribution in [0.15, 0.2) is 0 Å². The van der Waals surface area contributed by atoms with Crippen LogP contribution in [0.1, 0.15) is 19.8 Å². The largest absolute Gasteiger partial charge is 0.418 e. The van der Waals surface area contributed by atoms with E-state index < -0.39 is 11.8 Å². The smallest absolute Gasteiger partial charge is 0.379 e. The van der Waals surface area contributed by atoms with Crippen molar-refractivity contribution in [3.8, 4) is 0 Å². The number of piperidine rings is 1. The highest BCUT2D eigenvalue weighted by atomic mass is 19.4. The van der Waals surface area contributed by atoms with Gasteiger partial charge < -0.3 is 10.0 Å². The van der Waals surface area contributed by atoms with Crippen molar-refractivity contribution in [2.45, 2.75) is 31.5 Å². The number of alkyl halides is 3. The first-order chi connectivity index (χ1) is 5.89. The minimum absolute atomic E-state index is 0.174. The summed E-state index contributed by atoms with van der Waals surface area (Å²) in [6.07, 6.45) is -4.27. The molecule has 0 aliphatic carbocycles. The van der Waals surface area contributed by atoms with E-state index in [9.17, 15) is 18.3 Å². The van der Waals surface area contributed by atoms with Gasteiger partial charge in [-0.25, -0.2) is 0 Å². The Morgan fingerprint density at radius 2 is 2.08 bits per heavy atom. The van der Waals surface area contributed by atoms with Crippen molar-refractivity contribution >= 4 is 0 Å². The van der Waals surface area contributed by atoms with Crippen molar-refractivity contribution in [1.82, 2.24) is 4.90 Å². The Morgan fingerprint density at radius 3 is 2.54 bits per heavy atom. The van der Waals surface area contributed by atoms with Gasteiger partial charge in [-0.05, 0) is 25.9 Å². The van der Waals surface area contributed by atoms with Crippen molar-refractivity contribution in [2.75, 3.05) is 19.6 Å². The predicted octanol–water partition coefficient (Wildman–Crippen LogP) is 1.40. The van der Waals surface area contributed by atoms with E-state index in [4.69, 9.17) is 0 Å². The summed E-state index contributed by atoms with van der Waals surface area (Å²) in [7, 11) is 0. The highest BCUT2D eigenvalue weighted by Gasteiger charge is 2.54. The Kier molecular flexibility index (Phi) is 2.87. The zero-order chi connectivity index (χ0) is 10.1. The lowest BCUT2D eigenvalue weighted by Gasteiger charge is -2.39. The molecular formula is C8H14F3NO. The third-order valence-corrected chi connectivity index (χ3v) is 2.52. The molecule has 1 heterocycles. The summed E-state index contributed by atoms with van der Waals surface area (Å²) in [5.74, 6) is 0. The second-order valence-electron chi connectivity index (χ2n) is 3.50. The molecule has 1 atom stereocenters. The maximum Gasteiger partial charge on any atom is 0.418 e. The first-order valence-electron chi connectivity index (χ1n) is 4.40. The Balaban J connectivity index is 2.68. The Bertz CT molecular complexity index is 183. The van der Waals surface area contributed by atoms with Gasteiger partial charge in [0.05, 0.1) is 0 Å². The molecule has 5 heteroatoms. The molecule has 0 spiro atoms. The average Bonchev–Trinajstić information content (AvgIpc) is 2.02. The minimum atomic E-state index is -4.50. The summed E-state index contributed by atoms with van der Waals surface area (Å²) in [5.41, 5.74) is -2.48. The molecule has 0 saturated carbocycles. The molecular weight excluding hydrogens is 183 g/mol. The predicted molar refractivity (Wildman–Crippen MR) is 42.4 cm³/mol. The summed E-state index contributed by atoms with van der Waals surface area (Å²) in [6, 6.07) is 0. The monoisotopic (exact) mass is 197 g/mol. The highest BCUT2D eigenvalue weighted by molar-refractivity contribution is 4.92. The minimum Gasteiger partial charge on any atom is -0.379 e. The maximum atomic E-state index is 12.4. The Labute approximate surface area is 75.3 Å². The van der Waals surface area contributed by atoms with Gasteiger partial charge in [0.15, 0.2) is 5.60 Å². The topological polar surface area (TPSA) is 23.5 Å². The fourth-order valence-electron chi connectivity index (χ4n) is 1.62. The van der Waals surface area contributed by atoms with Crippen LogP contribution in [0.4, 0.5) is 13.2 Å². The number of likely N-dealkylation sites (tertiary alicyclic amines) is 1. The zero-order valence-corrected chi connectivity index (χ0v) is 7.56. The molecule has 1 fully saturated rings. The van der Waals surface area contributed by atoms with Gasteiger partial charge in [-0.1, -0.05) is 6.92 Å². The molecule has 1 aliphatic heterocycles. The van der Waals surface area contributed by atoms with Crippen LogP contribution in [0, 0.1) is 0 Å². The lowest BCUT2D eigenvalue weighted by Crippen LogP contribution is -2.56. The molecule has 13 heavy (non-hydrogen) atoms. The number of aliphatic hydroxyl groups is 1. The second-order valence-corrected chi connectivity index (χ2v) is 3.50. The molecule has 0 radical (unpaired) electrons. The summed E-state index contributed by atoms with van der Waals surface area (Å²) in [4.78, 5) is 1.62. The molecule has 0 aromatic heterocycles. The molecule has 1 rings (SSSR count). The zero-order valence-electron chi connectivity index (χ0n) is 7.56. The van der Waals surface area contributed by atoms with E-state index in [1.165, 1.54) is 0 Å². The molecule has 0 aromatic carbocycles. The van der Waals surface area contributed by atoms with Crippen molar-refractivity contribution in [3.63, 3.8) is 0 Å². The normalized spacial score (nSPS) is 32.1. The van der Waals surface area contributed by atoms with Crippen LogP contribution in [0.25, 0.3) is 0 Å². The van der Waals surface area contributed by atoms with E-state index in [-0.39, 0.29) is 13.0 Å². The van der Waals surface area contributed by atoms with Gasteiger partial charge in [-0.2, -0.15) is 13.2 Å². The molecule has 0 bridgehead atoms. The van der Waals surface area contributed by atoms with Gasteiger partial charge in [-0.3, -0.25) is 0 Å². The van der Waals surface area contributed by atoms with E-state index in [2.05, 4.69) is 0 Å². The SMILES string of the molecule is CCN1CCCC(O)(C(F)(F)F)C1. The summed E-state index contributed by atoms with van der Waals surface area (Å²) < 4.78 is 37.1. The van der Waals surface area contributed by atoms with Crippen molar-refractivity contribution in [1.29, 1.82) is 0 Å². The van der Waals surface area contributed by atoms with Crippen molar-refractivity contribution in [3.05, 3.63) is 0 Å². The molecule has 2 nitrogen and oxygen atoms in total. The quantitative estimate of drug-likeness (QED) is 0.686. The van der Waals surface area contributed by atoms with Crippen LogP contribution < -0.4 is 0 Å². The standard InChI is InChI=1S/C8H14F3NO/c1-2-12-5-3-4-7(13,6-12)8(9,10)11/h13H,2-6H2,1H3. The highest BCUT2D eigenvalue weighted by Crippen LogP contribution is 2.36. The molecule has 78 valence electrons. The average molecular weight is 197 g/mol. The van der Waals surface area contributed by atoms with E-state index in [0.29, 0.717) is 19.5 Å². The van der Waals surface area contributed by atoms with Crippen LogP contribution in [0.2, 0.25) is 0 Å². The fraction of sp³-hybridized carbons (Fsp3) is 1.00.